The number of anilines is 1. The summed E-state index contributed by atoms with van der Waals surface area (Å²) in [5, 5.41) is 13.1. The van der Waals surface area contributed by atoms with E-state index in [4.69, 9.17) is 19.7 Å². The summed E-state index contributed by atoms with van der Waals surface area (Å²) in [5.41, 5.74) is 10.0. The number of carbonyl (C=O) groups is 1. The summed E-state index contributed by atoms with van der Waals surface area (Å²) in [5.74, 6) is -0.562. The van der Waals surface area contributed by atoms with Gasteiger partial charge < -0.3 is 24.2 Å². The Morgan fingerprint density at radius 3 is 2.55 bits per heavy atom. The fourth-order valence-electron chi connectivity index (χ4n) is 3.99. The lowest BCUT2D eigenvalue weighted by molar-refractivity contribution is 0.0320. The van der Waals surface area contributed by atoms with Crippen molar-refractivity contribution in [1.29, 1.82) is 5.53 Å². The predicted octanol–water partition coefficient (Wildman–Crippen LogP) is 2.45. The largest absolute Gasteiger partial charge is 0.478 e. The molecule has 2 aromatic rings. The molecule has 2 saturated heterocycles. The first-order valence-electron chi connectivity index (χ1n) is 11.1. The lowest BCUT2D eigenvalue weighted by Crippen LogP contribution is -2.38. The van der Waals surface area contributed by atoms with Gasteiger partial charge in [0.1, 0.15) is 12.6 Å². The van der Waals surface area contributed by atoms with E-state index in [1.54, 1.807) is 12.1 Å². The molecular formula is C23H29N5O5. The third kappa shape index (κ3) is 6.04. The molecule has 2 aliphatic rings. The quantitative estimate of drug-likeness (QED) is 0.553. The molecule has 33 heavy (non-hydrogen) atoms. The van der Waals surface area contributed by atoms with Crippen molar-refractivity contribution in [3.05, 3.63) is 53.2 Å². The molecule has 2 aliphatic heterocycles. The summed E-state index contributed by atoms with van der Waals surface area (Å²) in [6.07, 6.45) is 0. The molecule has 1 unspecified atom stereocenters. The molecule has 1 atom stereocenters. The van der Waals surface area contributed by atoms with Gasteiger partial charge >= 0.3 is 5.97 Å². The van der Waals surface area contributed by atoms with Gasteiger partial charge in [0.05, 0.1) is 37.7 Å². The van der Waals surface area contributed by atoms with E-state index in [0.29, 0.717) is 37.0 Å². The number of pyridine rings is 1. The summed E-state index contributed by atoms with van der Waals surface area (Å²) < 4.78 is 16.9. The second-order valence-electron chi connectivity index (χ2n) is 7.95. The second kappa shape index (κ2) is 11.2. The van der Waals surface area contributed by atoms with Crippen LogP contribution in [0.15, 0.2) is 41.5 Å². The maximum atomic E-state index is 11.4. The number of nitrogens with zero attached hydrogens (tertiary/aromatic N) is 4. The van der Waals surface area contributed by atoms with Crippen LogP contribution in [0.3, 0.4) is 0 Å². The number of carboxylic acid groups (broad SMARTS) is 1. The third-order valence-corrected chi connectivity index (χ3v) is 5.80. The van der Waals surface area contributed by atoms with Crippen molar-refractivity contribution in [2.75, 3.05) is 70.7 Å². The van der Waals surface area contributed by atoms with Crippen molar-refractivity contribution in [2.45, 2.75) is 6.04 Å². The Bertz CT molecular complexity index is 960. The lowest BCUT2D eigenvalue weighted by Gasteiger charge is -2.30. The van der Waals surface area contributed by atoms with E-state index in [-0.39, 0.29) is 5.56 Å². The zero-order chi connectivity index (χ0) is 23.0. The molecule has 4 rings (SSSR count). The van der Waals surface area contributed by atoms with Crippen molar-refractivity contribution in [3.63, 3.8) is 0 Å². The van der Waals surface area contributed by atoms with Crippen LogP contribution >= 0.6 is 0 Å². The van der Waals surface area contributed by atoms with Gasteiger partial charge in [-0.1, -0.05) is 12.1 Å². The van der Waals surface area contributed by atoms with E-state index in [2.05, 4.69) is 19.9 Å². The highest BCUT2D eigenvalue weighted by molar-refractivity contribution is 5.87. The number of ether oxygens (including phenoxy) is 3. The summed E-state index contributed by atoms with van der Waals surface area (Å²) in [4.78, 5) is 20.5. The molecule has 10 nitrogen and oxygen atoms in total. The monoisotopic (exact) mass is 455 g/mol. The molecule has 2 N–H and O–H groups in total. The lowest BCUT2D eigenvalue weighted by atomic mass is 10.0. The highest BCUT2D eigenvalue weighted by Gasteiger charge is 2.21. The van der Waals surface area contributed by atoms with E-state index in [0.717, 1.165) is 51.6 Å². The van der Waals surface area contributed by atoms with Gasteiger partial charge in [-0.15, -0.1) is 0 Å². The molecule has 0 amide bonds. The van der Waals surface area contributed by atoms with Crippen molar-refractivity contribution in [3.8, 4) is 5.88 Å². The Morgan fingerprint density at radius 2 is 1.85 bits per heavy atom. The van der Waals surface area contributed by atoms with E-state index < -0.39 is 12.0 Å². The maximum absolute atomic E-state index is 11.4. The summed E-state index contributed by atoms with van der Waals surface area (Å²) in [7, 11) is 0. The van der Waals surface area contributed by atoms with Gasteiger partial charge in [0.25, 0.3) is 0 Å². The SMILES string of the molecule is N=NC(c1cccc(C(=O)O)c1)c1cc(N2CCOCC2)cc(OCCN2CCOCC2)n1. The Hall–Kier alpha value is -3.08. The zero-order valence-electron chi connectivity index (χ0n) is 18.5. The smallest absolute Gasteiger partial charge is 0.335 e. The highest BCUT2D eigenvalue weighted by Crippen LogP contribution is 2.31. The minimum atomic E-state index is -1.03. The minimum absolute atomic E-state index is 0.146. The molecule has 10 heteroatoms. The van der Waals surface area contributed by atoms with Crippen LogP contribution in [0.4, 0.5) is 5.69 Å². The zero-order valence-corrected chi connectivity index (χ0v) is 18.5. The number of nitrogens with one attached hydrogen (secondary N) is 1. The molecule has 3 heterocycles. The Morgan fingerprint density at radius 1 is 1.12 bits per heavy atom. The molecule has 0 saturated carbocycles. The molecule has 0 aliphatic carbocycles. The van der Waals surface area contributed by atoms with Crippen LogP contribution in [0.5, 0.6) is 5.88 Å². The Labute approximate surface area is 192 Å². The van der Waals surface area contributed by atoms with Crippen LogP contribution in [0, 0.1) is 5.53 Å². The number of rotatable bonds is 9. The molecule has 1 aromatic heterocycles. The standard InChI is InChI=1S/C23H29N5O5/c24-26-22(17-2-1-3-18(14-17)23(29)30)20-15-19(28-7-11-32-12-8-28)16-21(25-20)33-13-6-27-4-9-31-10-5-27/h1-3,14-16,22,24H,4-13H2,(H,29,30). The highest BCUT2D eigenvalue weighted by atomic mass is 16.5. The Kier molecular flexibility index (Phi) is 7.82. The third-order valence-electron chi connectivity index (χ3n) is 5.80. The number of carboxylic acids is 1. The van der Waals surface area contributed by atoms with E-state index in [1.807, 2.05) is 12.1 Å². The average molecular weight is 456 g/mol. The molecular weight excluding hydrogens is 426 g/mol. The molecule has 1 aromatic carbocycles. The Balaban J connectivity index is 1.59. The molecule has 0 bridgehead atoms. The second-order valence-corrected chi connectivity index (χ2v) is 7.95. The summed E-state index contributed by atoms with van der Waals surface area (Å²) in [6, 6.07) is 9.54. The molecule has 0 spiro atoms. The predicted molar refractivity (Wildman–Crippen MR) is 120 cm³/mol. The van der Waals surface area contributed by atoms with Gasteiger partial charge in [0, 0.05) is 44.5 Å². The van der Waals surface area contributed by atoms with E-state index in [1.165, 1.54) is 12.1 Å². The van der Waals surface area contributed by atoms with Crippen molar-refractivity contribution < 1.29 is 24.1 Å². The van der Waals surface area contributed by atoms with Gasteiger partial charge in [0.15, 0.2) is 0 Å². The van der Waals surface area contributed by atoms with Crippen LogP contribution in [0.1, 0.15) is 27.7 Å². The van der Waals surface area contributed by atoms with Gasteiger partial charge in [-0.3, -0.25) is 4.90 Å². The molecule has 176 valence electrons. The molecule has 2 fully saturated rings. The van der Waals surface area contributed by atoms with Crippen LogP contribution in [-0.2, 0) is 9.47 Å². The fraction of sp³-hybridized carbons (Fsp3) is 0.478. The first-order chi connectivity index (χ1) is 16.1. The van der Waals surface area contributed by atoms with E-state index >= 15 is 0 Å². The van der Waals surface area contributed by atoms with Crippen LogP contribution in [0.25, 0.3) is 0 Å². The summed E-state index contributed by atoms with van der Waals surface area (Å²) >= 11 is 0. The van der Waals surface area contributed by atoms with Crippen LogP contribution in [-0.4, -0.2) is 86.7 Å². The van der Waals surface area contributed by atoms with Gasteiger partial charge in [-0.2, -0.15) is 5.11 Å². The number of benzene rings is 1. The van der Waals surface area contributed by atoms with Crippen LogP contribution in [0.2, 0.25) is 0 Å². The van der Waals surface area contributed by atoms with Gasteiger partial charge in [0.2, 0.25) is 5.88 Å². The normalized spacial score (nSPS) is 18.0. The van der Waals surface area contributed by atoms with Crippen molar-refractivity contribution >= 4 is 11.7 Å². The number of morpholine rings is 2. The number of hydrogen-bond donors (Lipinski definition) is 2. The first kappa shape index (κ1) is 23.1. The topological polar surface area (TPSA) is 121 Å². The van der Waals surface area contributed by atoms with Crippen molar-refractivity contribution in [1.82, 2.24) is 9.88 Å². The minimum Gasteiger partial charge on any atom is -0.478 e. The average Bonchev–Trinajstić information content (AvgIpc) is 2.86. The van der Waals surface area contributed by atoms with Gasteiger partial charge in [-0.05, 0) is 23.8 Å². The van der Waals surface area contributed by atoms with Crippen LogP contribution < -0.4 is 9.64 Å². The fourth-order valence-corrected chi connectivity index (χ4v) is 3.99. The number of aromatic carboxylic acids is 1. The number of aromatic nitrogens is 1. The van der Waals surface area contributed by atoms with Gasteiger partial charge in [-0.25, -0.2) is 15.3 Å². The summed E-state index contributed by atoms with van der Waals surface area (Å²) in [6.45, 7) is 7.25. The maximum Gasteiger partial charge on any atom is 0.335 e. The molecule has 0 radical (unpaired) electrons. The first-order valence-corrected chi connectivity index (χ1v) is 11.1. The van der Waals surface area contributed by atoms with Crippen molar-refractivity contribution in [2.24, 2.45) is 5.11 Å². The van der Waals surface area contributed by atoms with E-state index in [9.17, 15) is 9.90 Å². The number of hydrogen-bond acceptors (Lipinski definition) is 9.